The fourth-order valence-corrected chi connectivity index (χ4v) is 5.10. The summed E-state index contributed by atoms with van der Waals surface area (Å²) in [5.74, 6) is -3.00. The fraction of sp³-hybridized carbons (Fsp3) is 0.364. The molecule has 6 rings (SSSR count). The van der Waals surface area contributed by atoms with Crippen LogP contribution in [0.25, 0.3) is 0 Å². The van der Waals surface area contributed by atoms with E-state index in [4.69, 9.17) is 4.74 Å². The zero-order valence-corrected chi connectivity index (χ0v) is 15.9. The second-order valence-electron chi connectivity index (χ2n) is 8.58. The van der Waals surface area contributed by atoms with Gasteiger partial charge in [0.2, 0.25) is 5.91 Å². The van der Waals surface area contributed by atoms with Crippen molar-refractivity contribution in [2.75, 3.05) is 6.61 Å². The van der Waals surface area contributed by atoms with Crippen LogP contribution < -0.4 is 4.74 Å². The maximum Gasteiger partial charge on any atom is 0.249 e. The van der Waals surface area contributed by atoms with Crippen LogP contribution in [0.5, 0.6) is 5.75 Å². The number of carbonyl (C=O) groups is 1. The van der Waals surface area contributed by atoms with Crippen LogP contribution in [0.3, 0.4) is 0 Å². The standard InChI is InChI=1S/C22H18F4N2O2/c23-14-1-2-19(17(26)8-14)30-12-21-9-22(10-21,11-21)20(29)28-18(3-4-27-28)13-5-15(24)7-16(25)6-13/h1-2,4-8,18H,3,9-12H2. The van der Waals surface area contributed by atoms with Crippen molar-refractivity contribution in [2.45, 2.75) is 31.7 Å². The van der Waals surface area contributed by atoms with Gasteiger partial charge in [0, 0.05) is 30.2 Å². The summed E-state index contributed by atoms with van der Waals surface area (Å²) in [5, 5.41) is 5.49. The molecule has 0 aromatic heterocycles. The molecular formula is C22H18F4N2O2. The van der Waals surface area contributed by atoms with E-state index in [1.54, 1.807) is 6.21 Å². The maximum atomic E-state index is 13.7. The van der Waals surface area contributed by atoms with Gasteiger partial charge in [-0.3, -0.25) is 4.79 Å². The van der Waals surface area contributed by atoms with Crippen molar-refractivity contribution < 1.29 is 27.1 Å². The number of nitrogens with zero attached hydrogens (tertiary/aromatic N) is 2. The van der Waals surface area contributed by atoms with Gasteiger partial charge in [-0.15, -0.1) is 0 Å². The molecule has 4 nitrogen and oxygen atoms in total. The van der Waals surface area contributed by atoms with E-state index in [1.165, 1.54) is 23.2 Å². The Hall–Kier alpha value is -2.90. The van der Waals surface area contributed by atoms with Crippen LogP contribution in [-0.2, 0) is 4.79 Å². The second-order valence-corrected chi connectivity index (χ2v) is 8.58. The molecular weight excluding hydrogens is 400 g/mol. The van der Waals surface area contributed by atoms with E-state index in [0.717, 1.165) is 18.2 Å². The Morgan fingerprint density at radius 2 is 1.73 bits per heavy atom. The smallest absolute Gasteiger partial charge is 0.249 e. The van der Waals surface area contributed by atoms with Gasteiger partial charge >= 0.3 is 0 Å². The van der Waals surface area contributed by atoms with Crippen molar-refractivity contribution >= 4 is 12.1 Å². The zero-order valence-electron chi connectivity index (χ0n) is 15.9. The number of hydrogen-bond acceptors (Lipinski definition) is 3. The molecule has 1 heterocycles. The molecule has 2 aromatic rings. The molecule has 0 saturated heterocycles. The Labute approximate surface area is 170 Å². The van der Waals surface area contributed by atoms with Gasteiger partial charge in [-0.05, 0) is 49.1 Å². The molecule has 3 saturated carbocycles. The number of halogens is 4. The third kappa shape index (κ3) is 2.97. The lowest BCUT2D eigenvalue weighted by molar-refractivity contribution is -0.227. The van der Waals surface area contributed by atoms with Crippen molar-refractivity contribution in [1.82, 2.24) is 5.01 Å². The summed E-state index contributed by atoms with van der Waals surface area (Å²) in [6.45, 7) is 0.242. The van der Waals surface area contributed by atoms with Gasteiger partial charge in [0.25, 0.3) is 0 Å². The van der Waals surface area contributed by atoms with Crippen molar-refractivity contribution in [3.8, 4) is 5.75 Å². The van der Waals surface area contributed by atoms with Gasteiger partial charge in [0.1, 0.15) is 17.5 Å². The highest BCUT2D eigenvalue weighted by Gasteiger charge is 2.73. The number of hydrazone groups is 1. The summed E-state index contributed by atoms with van der Waals surface area (Å²) in [4.78, 5) is 13.1. The summed E-state index contributed by atoms with van der Waals surface area (Å²) >= 11 is 0. The van der Waals surface area contributed by atoms with Crippen LogP contribution in [-0.4, -0.2) is 23.7 Å². The topological polar surface area (TPSA) is 41.9 Å². The normalized spacial score (nSPS) is 28.8. The Kier molecular flexibility index (Phi) is 4.17. The third-order valence-corrected chi connectivity index (χ3v) is 6.33. The largest absolute Gasteiger partial charge is 0.490 e. The molecule has 1 amide bonds. The quantitative estimate of drug-likeness (QED) is 0.658. The van der Waals surface area contributed by atoms with Crippen molar-refractivity contribution in [3.05, 3.63) is 65.2 Å². The number of hydrogen-bond donors (Lipinski definition) is 0. The third-order valence-electron chi connectivity index (χ3n) is 6.33. The first-order valence-electron chi connectivity index (χ1n) is 9.69. The van der Waals surface area contributed by atoms with Gasteiger partial charge in [-0.1, -0.05) is 0 Å². The summed E-state index contributed by atoms with van der Waals surface area (Å²) in [6, 6.07) is 5.85. The molecule has 1 aliphatic heterocycles. The number of carbonyl (C=O) groups excluding carboxylic acids is 1. The lowest BCUT2D eigenvalue weighted by Gasteiger charge is -2.69. The van der Waals surface area contributed by atoms with E-state index in [2.05, 4.69) is 5.10 Å². The second kappa shape index (κ2) is 6.55. The van der Waals surface area contributed by atoms with Gasteiger partial charge in [-0.25, -0.2) is 22.6 Å². The Morgan fingerprint density at radius 1 is 1.03 bits per heavy atom. The lowest BCUT2D eigenvalue weighted by atomic mass is 9.35. The summed E-state index contributed by atoms with van der Waals surface area (Å²) in [6.07, 6.45) is 3.71. The molecule has 0 spiro atoms. The molecule has 1 unspecified atom stereocenters. The first-order valence-corrected chi connectivity index (χ1v) is 9.69. The first kappa shape index (κ1) is 19.1. The molecule has 30 heavy (non-hydrogen) atoms. The van der Waals surface area contributed by atoms with Crippen molar-refractivity contribution in [1.29, 1.82) is 0 Å². The van der Waals surface area contributed by atoms with Gasteiger partial charge in [0.05, 0.1) is 18.1 Å². The van der Waals surface area contributed by atoms with Crippen molar-refractivity contribution in [3.63, 3.8) is 0 Å². The molecule has 4 aliphatic rings. The molecule has 2 bridgehead atoms. The van der Waals surface area contributed by atoms with E-state index >= 15 is 0 Å². The number of ether oxygens (including phenoxy) is 1. The summed E-state index contributed by atoms with van der Waals surface area (Å²) in [7, 11) is 0. The minimum atomic E-state index is -0.760. The number of amides is 1. The monoisotopic (exact) mass is 418 g/mol. The predicted molar refractivity (Wildman–Crippen MR) is 99.6 cm³/mol. The van der Waals surface area contributed by atoms with Crippen LogP contribution in [0.4, 0.5) is 17.6 Å². The average Bonchev–Trinajstić information content (AvgIpc) is 3.09. The molecule has 0 N–H and O–H groups in total. The number of benzene rings is 2. The van der Waals surface area contributed by atoms with Crippen LogP contribution in [0.1, 0.15) is 37.3 Å². The molecule has 3 fully saturated rings. The van der Waals surface area contributed by atoms with E-state index < -0.39 is 34.7 Å². The van der Waals surface area contributed by atoms with Crippen molar-refractivity contribution in [2.24, 2.45) is 15.9 Å². The Bertz CT molecular complexity index is 1030. The Morgan fingerprint density at radius 3 is 2.40 bits per heavy atom. The van der Waals surface area contributed by atoms with E-state index in [-0.39, 0.29) is 23.7 Å². The highest BCUT2D eigenvalue weighted by Crippen LogP contribution is 2.74. The average molecular weight is 418 g/mol. The van der Waals surface area contributed by atoms with Crippen LogP contribution in [0.15, 0.2) is 41.5 Å². The van der Waals surface area contributed by atoms with E-state index in [9.17, 15) is 22.4 Å². The SMILES string of the molecule is O=C(N1N=CCC1c1cc(F)cc(F)c1)C12CC(COc3ccc(F)cc3F)(C1)C2. The van der Waals surface area contributed by atoms with Crippen LogP contribution in [0, 0.1) is 34.1 Å². The molecule has 2 aromatic carbocycles. The van der Waals surface area contributed by atoms with Gasteiger partial charge in [-0.2, -0.15) is 5.10 Å². The molecule has 3 aliphatic carbocycles. The molecule has 0 radical (unpaired) electrons. The zero-order chi connectivity index (χ0) is 21.1. The summed E-state index contributed by atoms with van der Waals surface area (Å²) < 4.78 is 59.5. The molecule has 8 heteroatoms. The predicted octanol–water partition coefficient (Wildman–Crippen LogP) is 4.75. The fourth-order valence-electron chi connectivity index (χ4n) is 5.10. The maximum absolute atomic E-state index is 13.7. The number of rotatable bonds is 5. The van der Waals surface area contributed by atoms with Crippen LogP contribution in [0.2, 0.25) is 0 Å². The molecule has 1 atom stereocenters. The lowest BCUT2D eigenvalue weighted by Crippen LogP contribution is -2.69. The van der Waals surface area contributed by atoms with E-state index in [0.29, 0.717) is 31.2 Å². The minimum absolute atomic E-state index is 0.0150. The van der Waals surface area contributed by atoms with E-state index in [1.807, 2.05) is 0 Å². The van der Waals surface area contributed by atoms with Crippen LogP contribution >= 0.6 is 0 Å². The minimum Gasteiger partial charge on any atom is -0.490 e. The first-order chi connectivity index (χ1) is 14.3. The van der Waals surface area contributed by atoms with Gasteiger partial charge in [0.15, 0.2) is 11.6 Å². The molecule has 156 valence electrons. The summed E-state index contributed by atoms with van der Waals surface area (Å²) in [5.41, 5.74) is -0.397. The van der Waals surface area contributed by atoms with Gasteiger partial charge < -0.3 is 4.74 Å². The highest BCUT2D eigenvalue weighted by atomic mass is 19.1. The Balaban J connectivity index is 1.24. The highest BCUT2D eigenvalue weighted by molar-refractivity contribution is 5.88.